The molecule has 2 aliphatic heterocycles. The molecule has 8 nitrogen and oxygen atoms in total. The van der Waals surface area contributed by atoms with Crippen molar-refractivity contribution in [3.63, 3.8) is 0 Å². The lowest BCUT2D eigenvalue weighted by molar-refractivity contribution is 0.0628. The van der Waals surface area contributed by atoms with Crippen LogP contribution in [-0.4, -0.2) is 58.6 Å². The molecule has 2 aliphatic rings. The average molecular weight is 528 g/mol. The van der Waals surface area contributed by atoms with Gasteiger partial charge in [0.2, 0.25) is 12.7 Å². The fourth-order valence-corrected chi connectivity index (χ4v) is 4.74. The third-order valence-corrected chi connectivity index (χ3v) is 6.94. The molecule has 3 aromatic carbocycles. The van der Waals surface area contributed by atoms with Gasteiger partial charge in [0, 0.05) is 60.8 Å². The molecule has 1 amide bonds. The number of anilines is 2. The van der Waals surface area contributed by atoms with E-state index in [1.165, 1.54) is 5.56 Å². The van der Waals surface area contributed by atoms with Gasteiger partial charge < -0.3 is 19.7 Å². The normalized spacial score (nSPS) is 14.9. The van der Waals surface area contributed by atoms with Gasteiger partial charge in [-0.1, -0.05) is 29.8 Å². The van der Waals surface area contributed by atoms with E-state index in [0.717, 1.165) is 48.1 Å². The SMILES string of the molecule is O=C(c1ccc(Nc2nccc(-c3ccc(Cl)cc3)n2)cc1)N1CCN(Cc2ccc3c(c2)OCO3)CC1. The molecule has 4 aromatic rings. The summed E-state index contributed by atoms with van der Waals surface area (Å²) in [4.78, 5) is 26.3. The summed E-state index contributed by atoms with van der Waals surface area (Å²) in [5.74, 6) is 2.12. The van der Waals surface area contributed by atoms with E-state index in [9.17, 15) is 4.79 Å². The van der Waals surface area contributed by atoms with Crippen molar-refractivity contribution in [1.29, 1.82) is 0 Å². The summed E-state index contributed by atoms with van der Waals surface area (Å²) in [7, 11) is 0. The maximum absolute atomic E-state index is 13.1. The Bertz CT molecular complexity index is 1440. The van der Waals surface area contributed by atoms with Crippen LogP contribution in [0.3, 0.4) is 0 Å². The lowest BCUT2D eigenvalue weighted by atomic mass is 10.1. The summed E-state index contributed by atoms with van der Waals surface area (Å²) in [6.07, 6.45) is 1.71. The Morgan fingerprint density at radius 3 is 2.45 bits per heavy atom. The Morgan fingerprint density at radius 1 is 0.895 bits per heavy atom. The van der Waals surface area contributed by atoms with E-state index < -0.39 is 0 Å². The number of rotatable bonds is 6. The van der Waals surface area contributed by atoms with Crippen molar-refractivity contribution in [3.05, 3.63) is 95.1 Å². The monoisotopic (exact) mass is 527 g/mol. The fourth-order valence-electron chi connectivity index (χ4n) is 4.61. The molecule has 6 rings (SSSR count). The van der Waals surface area contributed by atoms with Crippen molar-refractivity contribution in [2.75, 3.05) is 38.3 Å². The van der Waals surface area contributed by atoms with E-state index in [-0.39, 0.29) is 12.7 Å². The lowest BCUT2D eigenvalue weighted by Crippen LogP contribution is -2.48. The molecule has 0 bridgehead atoms. The number of nitrogens with one attached hydrogen (secondary N) is 1. The molecule has 0 spiro atoms. The number of halogens is 1. The van der Waals surface area contributed by atoms with Crippen molar-refractivity contribution in [3.8, 4) is 22.8 Å². The van der Waals surface area contributed by atoms with Crippen LogP contribution in [0, 0.1) is 0 Å². The minimum absolute atomic E-state index is 0.0419. The predicted octanol–water partition coefficient (Wildman–Crippen LogP) is 5.23. The van der Waals surface area contributed by atoms with Crippen molar-refractivity contribution in [2.24, 2.45) is 0 Å². The highest BCUT2D eigenvalue weighted by molar-refractivity contribution is 6.30. The number of ether oxygens (including phenoxy) is 2. The number of hydrogen-bond acceptors (Lipinski definition) is 7. The van der Waals surface area contributed by atoms with Gasteiger partial charge in [-0.3, -0.25) is 9.69 Å². The molecule has 3 heterocycles. The standard InChI is InChI=1S/C29H26ClN5O3/c30-23-6-2-21(3-7-23)25-11-12-31-29(33-25)32-24-8-4-22(5-9-24)28(36)35-15-13-34(14-16-35)18-20-1-10-26-27(17-20)38-19-37-26/h1-12,17H,13-16,18-19H2,(H,31,32,33). The second-order valence-corrected chi connectivity index (χ2v) is 9.67. The highest BCUT2D eigenvalue weighted by Gasteiger charge is 2.23. The quantitative estimate of drug-likeness (QED) is 0.368. The largest absolute Gasteiger partial charge is 0.454 e. The minimum Gasteiger partial charge on any atom is -0.454 e. The smallest absolute Gasteiger partial charge is 0.253 e. The molecule has 9 heteroatoms. The topological polar surface area (TPSA) is 79.8 Å². The Morgan fingerprint density at radius 2 is 1.66 bits per heavy atom. The van der Waals surface area contributed by atoms with Crippen LogP contribution in [0.5, 0.6) is 11.5 Å². The highest BCUT2D eigenvalue weighted by Crippen LogP contribution is 2.33. The van der Waals surface area contributed by atoms with E-state index in [1.54, 1.807) is 6.20 Å². The average Bonchev–Trinajstić information content (AvgIpc) is 3.42. The summed E-state index contributed by atoms with van der Waals surface area (Å²) in [6.45, 7) is 4.12. The van der Waals surface area contributed by atoms with Crippen LogP contribution in [0.15, 0.2) is 79.0 Å². The number of amides is 1. The Labute approximate surface area is 225 Å². The molecule has 1 saturated heterocycles. The van der Waals surface area contributed by atoms with E-state index in [4.69, 9.17) is 21.1 Å². The molecule has 38 heavy (non-hydrogen) atoms. The first-order chi connectivity index (χ1) is 18.6. The number of hydrogen-bond donors (Lipinski definition) is 1. The maximum atomic E-state index is 13.1. The van der Waals surface area contributed by atoms with Crippen molar-refractivity contribution >= 4 is 29.1 Å². The summed E-state index contributed by atoms with van der Waals surface area (Å²) < 4.78 is 10.9. The lowest BCUT2D eigenvalue weighted by Gasteiger charge is -2.34. The molecular weight excluding hydrogens is 502 g/mol. The molecule has 1 fully saturated rings. The first-order valence-corrected chi connectivity index (χ1v) is 12.8. The summed E-state index contributed by atoms with van der Waals surface area (Å²) >= 11 is 5.99. The number of aromatic nitrogens is 2. The van der Waals surface area contributed by atoms with E-state index in [0.29, 0.717) is 29.6 Å². The van der Waals surface area contributed by atoms with Crippen LogP contribution >= 0.6 is 11.6 Å². The van der Waals surface area contributed by atoms with Gasteiger partial charge in [-0.2, -0.15) is 0 Å². The molecule has 192 valence electrons. The van der Waals surface area contributed by atoms with Crippen molar-refractivity contribution < 1.29 is 14.3 Å². The van der Waals surface area contributed by atoms with Crippen LogP contribution in [0.1, 0.15) is 15.9 Å². The number of carbonyl (C=O) groups excluding carboxylic acids is 1. The van der Waals surface area contributed by atoms with Gasteiger partial charge in [0.1, 0.15) is 0 Å². The van der Waals surface area contributed by atoms with Gasteiger partial charge in [-0.15, -0.1) is 0 Å². The van der Waals surface area contributed by atoms with Crippen LogP contribution in [0.2, 0.25) is 5.02 Å². The zero-order valence-corrected chi connectivity index (χ0v) is 21.4. The van der Waals surface area contributed by atoms with Gasteiger partial charge in [0.05, 0.1) is 5.69 Å². The Balaban J connectivity index is 1.03. The number of benzene rings is 3. The summed E-state index contributed by atoms with van der Waals surface area (Å²) in [6, 6.07) is 22.9. The van der Waals surface area contributed by atoms with Gasteiger partial charge in [-0.05, 0) is 60.2 Å². The molecular formula is C29H26ClN5O3. The zero-order valence-electron chi connectivity index (χ0n) is 20.6. The molecule has 1 N–H and O–H groups in total. The third-order valence-electron chi connectivity index (χ3n) is 6.69. The Kier molecular flexibility index (Phi) is 6.81. The van der Waals surface area contributed by atoms with Crippen LogP contribution in [0.4, 0.5) is 11.6 Å². The van der Waals surface area contributed by atoms with Crippen LogP contribution < -0.4 is 14.8 Å². The zero-order chi connectivity index (χ0) is 25.9. The highest BCUT2D eigenvalue weighted by atomic mass is 35.5. The number of nitrogens with zero attached hydrogens (tertiary/aromatic N) is 4. The van der Waals surface area contributed by atoms with Crippen molar-refractivity contribution in [2.45, 2.75) is 6.54 Å². The molecule has 0 aliphatic carbocycles. The second-order valence-electron chi connectivity index (χ2n) is 9.23. The van der Waals surface area contributed by atoms with Crippen molar-refractivity contribution in [1.82, 2.24) is 19.8 Å². The van der Waals surface area contributed by atoms with Gasteiger partial charge in [0.25, 0.3) is 5.91 Å². The third kappa shape index (κ3) is 5.41. The fraction of sp³-hybridized carbons (Fsp3) is 0.207. The Hall–Kier alpha value is -4.14. The molecule has 0 atom stereocenters. The minimum atomic E-state index is 0.0419. The van der Waals surface area contributed by atoms with Crippen LogP contribution in [0.25, 0.3) is 11.3 Å². The number of fused-ring (bicyclic) bond motifs is 1. The van der Waals surface area contributed by atoms with Gasteiger partial charge in [-0.25, -0.2) is 9.97 Å². The molecule has 0 saturated carbocycles. The molecule has 0 radical (unpaired) electrons. The first kappa shape index (κ1) is 24.2. The summed E-state index contributed by atoms with van der Waals surface area (Å²) in [5.41, 5.74) is 4.40. The summed E-state index contributed by atoms with van der Waals surface area (Å²) in [5, 5.41) is 3.90. The van der Waals surface area contributed by atoms with E-state index in [2.05, 4.69) is 26.3 Å². The van der Waals surface area contributed by atoms with Crippen LogP contribution in [-0.2, 0) is 6.54 Å². The predicted molar refractivity (Wildman–Crippen MR) is 146 cm³/mol. The molecule has 0 unspecified atom stereocenters. The second kappa shape index (κ2) is 10.7. The van der Waals surface area contributed by atoms with Gasteiger partial charge >= 0.3 is 0 Å². The van der Waals surface area contributed by atoms with E-state index >= 15 is 0 Å². The maximum Gasteiger partial charge on any atom is 0.253 e. The number of carbonyl (C=O) groups is 1. The number of piperazine rings is 1. The van der Waals surface area contributed by atoms with E-state index in [1.807, 2.05) is 71.6 Å². The first-order valence-electron chi connectivity index (χ1n) is 12.5. The van der Waals surface area contributed by atoms with Gasteiger partial charge in [0.15, 0.2) is 11.5 Å². The molecule has 1 aromatic heterocycles.